The van der Waals surface area contributed by atoms with Gasteiger partial charge >= 0.3 is 5.96 Å². The molecule has 1 saturated heterocycles. The molecule has 2 aromatic carbocycles. The number of guanidine groups is 1. The summed E-state index contributed by atoms with van der Waals surface area (Å²) >= 11 is 0. The van der Waals surface area contributed by atoms with Gasteiger partial charge in [-0.15, -0.1) is 0 Å². The minimum atomic E-state index is -0.0656. The zero-order valence-corrected chi connectivity index (χ0v) is 20.5. The largest absolute Gasteiger partial charge is 1.00 e. The van der Waals surface area contributed by atoms with Crippen molar-refractivity contribution in [1.82, 2.24) is 10.1 Å². The van der Waals surface area contributed by atoms with Crippen molar-refractivity contribution in [3.05, 3.63) is 53.4 Å². The Balaban J connectivity index is 0.00000289. The predicted octanol–water partition coefficient (Wildman–Crippen LogP) is -0.0474. The van der Waals surface area contributed by atoms with Crippen LogP contribution in [0.4, 0.5) is 0 Å². The van der Waals surface area contributed by atoms with E-state index in [0.29, 0.717) is 31.5 Å². The van der Waals surface area contributed by atoms with E-state index in [1.165, 1.54) is 5.56 Å². The van der Waals surface area contributed by atoms with Gasteiger partial charge in [0.1, 0.15) is 19.0 Å². The van der Waals surface area contributed by atoms with Crippen LogP contribution in [0.5, 0.6) is 17.2 Å². The lowest BCUT2D eigenvalue weighted by atomic mass is 10.1. The molecule has 1 atom stereocenters. The van der Waals surface area contributed by atoms with Crippen LogP contribution >= 0.6 is 0 Å². The molecule has 1 fully saturated rings. The standard InChI is InChI=1S/C25H29N5O4.ClH/c1-16-14-18(23-28-24(34-29-23)19-5-2-10-30(19)25(26)27)7-9-20(16)31-11-3-4-17-6-8-21-22(15-17)33-13-12-32-21;/h6-9,14-15,19H,2-5,10-13H2,1H3,(H3,26,27);1H/t19-;/m0./s1. The fraction of sp³-hybridized carbons (Fsp3) is 0.400. The van der Waals surface area contributed by atoms with Crippen LogP contribution in [0.2, 0.25) is 0 Å². The average Bonchev–Trinajstić information content (AvgIpc) is 3.52. The first kappa shape index (κ1) is 24.7. The van der Waals surface area contributed by atoms with Crippen molar-refractivity contribution in [2.75, 3.05) is 26.4 Å². The summed E-state index contributed by atoms with van der Waals surface area (Å²) in [7, 11) is 0. The minimum Gasteiger partial charge on any atom is -1.00 e. The normalized spacial score (nSPS) is 16.6. The molecule has 0 amide bonds. The first-order valence-corrected chi connectivity index (χ1v) is 11.7. The number of fused-ring (bicyclic) bond motifs is 1. The van der Waals surface area contributed by atoms with E-state index in [-0.39, 0.29) is 24.4 Å². The van der Waals surface area contributed by atoms with Gasteiger partial charge in [0.2, 0.25) is 5.82 Å². The van der Waals surface area contributed by atoms with Gasteiger partial charge in [-0.2, -0.15) is 4.98 Å². The fourth-order valence-corrected chi connectivity index (χ4v) is 4.47. The zero-order chi connectivity index (χ0) is 23.5. The van der Waals surface area contributed by atoms with Crippen LogP contribution in [-0.4, -0.2) is 47.0 Å². The highest BCUT2D eigenvalue weighted by Gasteiger charge is 2.31. The molecule has 2 aliphatic rings. The van der Waals surface area contributed by atoms with Gasteiger partial charge in [0.25, 0.3) is 5.89 Å². The molecule has 2 aliphatic heterocycles. The van der Waals surface area contributed by atoms with Gasteiger partial charge in [-0.05, 0) is 74.1 Å². The van der Waals surface area contributed by atoms with Crippen molar-refractivity contribution in [2.24, 2.45) is 11.5 Å². The van der Waals surface area contributed by atoms with E-state index in [9.17, 15) is 0 Å². The topological polar surface area (TPSA) is 122 Å². The van der Waals surface area contributed by atoms with Crippen molar-refractivity contribution >= 4 is 5.96 Å². The molecule has 35 heavy (non-hydrogen) atoms. The van der Waals surface area contributed by atoms with Gasteiger partial charge in [0.15, 0.2) is 17.5 Å². The lowest BCUT2D eigenvalue weighted by Crippen LogP contribution is -3.00. The molecule has 0 unspecified atom stereocenters. The number of rotatable bonds is 7. The van der Waals surface area contributed by atoms with Crippen LogP contribution in [-0.2, 0) is 6.42 Å². The Hall–Kier alpha value is -3.46. The van der Waals surface area contributed by atoms with E-state index in [1.807, 2.05) is 35.8 Å². The van der Waals surface area contributed by atoms with Gasteiger partial charge in [-0.1, -0.05) is 11.2 Å². The average molecular weight is 500 g/mol. The second-order valence-corrected chi connectivity index (χ2v) is 8.64. The maximum Gasteiger partial charge on any atom is 0.341 e. The third-order valence-electron chi connectivity index (χ3n) is 6.22. The van der Waals surface area contributed by atoms with Gasteiger partial charge in [-0.3, -0.25) is 16.0 Å². The Morgan fingerprint density at radius 2 is 1.94 bits per heavy atom. The predicted molar refractivity (Wildman–Crippen MR) is 126 cm³/mol. The number of aromatic nitrogens is 2. The van der Waals surface area contributed by atoms with Crippen molar-refractivity contribution in [1.29, 1.82) is 0 Å². The Morgan fingerprint density at radius 1 is 1.11 bits per heavy atom. The molecule has 10 heteroatoms. The Labute approximate surface area is 210 Å². The first-order valence-electron chi connectivity index (χ1n) is 11.7. The number of nitrogens with two attached hydrogens (primary N) is 2. The number of nitrogens with zero attached hydrogens (tertiary/aromatic N) is 3. The third kappa shape index (κ3) is 5.45. The van der Waals surface area contributed by atoms with Crippen LogP contribution in [0.25, 0.3) is 11.4 Å². The lowest BCUT2D eigenvalue weighted by molar-refractivity contribution is -0.555. The van der Waals surface area contributed by atoms with Gasteiger partial charge in [0.05, 0.1) is 13.2 Å². The molecule has 0 aliphatic carbocycles. The Kier molecular flexibility index (Phi) is 7.65. The van der Waals surface area contributed by atoms with Crippen molar-refractivity contribution in [2.45, 2.75) is 38.6 Å². The molecular formula is C25H30ClN5O4. The molecule has 3 aromatic rings. The molecule has 1 aromatic heterocycles. The summed E-state index contributed by atoms with van der Waals surface area (Å²) in [5.41, 5.74) is 14.7. The van der Waals surface area contributed by atoms with E-state index in [2.05, 4.69) is 22.3 Å². The van der Waals surface area contributed by atoms with E-state index in [1.54, 1.807) is 0 Å². The summed E-state index contributed by atoms with van der Waals surface area (Å²) < 4.78 is 24.7. The number of ether oxygens (including phenoxy) is 3. The van der Waals surface area contributed by atoms with Crippen molar-refractivity contribution in [3.63, 3.8) is 0 Å². The number of aryl methyl sites for hydroxylation is 2. The molecule has 5 rings (SSSR count). The molecule has 0 saturated carbocycles. The summed E-state index contributed by atoms with van der Waals surface area (Å²) in [6.07, 6.45) is 3.67. The van der Waals surface area contributed by atoms with Crippen LogP contribution in [0.3, 0.4) is 0 Å². The summed E-state index contributed by atoms with van der Waals surface area (Å²) in [5.74, 6) is 3.86. The quantitative estimate of drug-likeness (QED) is 0.264. The van der Waals surface area contributed by atoms with Crippen LogP contribution in [0.1, 0.15) is 42.3 Å². The van der Waals surface area contributed by atoms with E-state index < -0.39 is 0 Å². The fourth-order valence-electron chi connectivity index (χ4n) is 4.47. The Bertz CT molecular complexity index is 1210. The van der Waals surface area contributed by atoms with E-state index >= 15 is 0 Å². The van der Waals surface area contributed by atoms with Crippen LogP contribution in [0, 0.1) is 6.92 Å². The highest BCUT2D eigenvalue weighted by molar-refractivity contribution is 5.70. The monoisotopic (exact) mass is 499 g/mol. The minimum absolute atomic E-state index is 0. The maximum absolute atomic E-state index is 6.03. The highest BCUT2D eigenvalue weighted by atomic mass is 35.5. The van der Waals surface area contributed by atoms with E-state index in [4.69, 9.17) is 30.2 Å². The summed E-state index contributed by atoms with van der Waals surface area (Å²) in [4.78, 5) is 4.60. The molecule has 3 heterocycles. The van der Waals surface area contributed by atoms with Crippen molar-refractivity contribution < 1.29 is 35.7 Å². The molecule has 0 spiro atoms. The van der Waals surface area contributed by atoms with Crippen LogP contribution < -0.4 is 38.1 Å². The number of benzene rings is 2. The number of hydrogen-bond donors (Lipinski definition) is 2. The number of halogens is 1. The van der Waals surface area contributed by atoms with Gasteiger partial charge in [-0.25, -0.2) is 0 Å². The number of hydrogen-bond acceptors (Lipinski definition) is 6. The molecular weight excluding hydrogens is 470 g/mol. The molecule has 4 N–H and O–H groups in total. The molecule has 0 radical (unpaired) electrons. The Morgan fingerprint density at radius 3 is 2.74 bits per heavy atom. The van der Waals surface area contributed by atoms with E-state index in [0.717, 1.165) is 60.6 Å². The molecule has 186 valence electrons. The van der Waals surface area contributed by atoms with Crippen molar-refractivity contribution in [3.8, 4) is 28.6 Å². The SMILES string of the molecule is Cc1cc(-c2noc([C@@H]3CCC[N+]3=C(N)N)n2)ccc1OCCCc1ccc2c(c1)OCCO2.[Cl-]. The molecule has 0 bridgehead atoms. The summed E-state index contributed by atoms with van der Waals surface area (Å²) in [6, 6.07) is 12.0. The van der Waals surface area contributed by atoms with Gasteiger partial charge < -0.3 is 31.1 Å². The smallest absolute Gasteiger partial charge is 0.341 e. The molecule has 9 nitrogen and oxygen atoms in total. The second kappa shape index (κ2) is 10.9. The third-order valence-corrected chi connectivity index (χ3v) is 6.22. The lowest BCUT2D eigenvalue weighted by Gasteiger charge is -2.18. The summed E-state index contributed by atoms with van der Waals surface area (Å²) in [5, 5.41) is 4.17. The zero-order valence-electron chi connectivity index (χ0n) is 19.7. The highest BCUT2D eigenvalue weighted by Crippen LogP contribution is 2.32. The first-order chi connectivity index (χ1) is 16.6. The van der Waals surface area contributed by atoms with Gasteiger partial charge in [0, 0.05) is 5.56 Å². The van der Waals surface area contributed by atoms with Crippen LogP contribution in [0.15, 0.2) is 40.9 Å². The maximum atomic E-state index is 6.03. The summed E-state index contributed by atoms with van der Waals surface area (Å²) in [6.45, 7) is 4.64. The second-order valence-electron chi connectivity index (χ2n) is 8.64.